The highest BCUT2D eigenvalue weighted by molar-refractivity contribution is 6.05. The average molecular weight is 378 g/mol. The summed E-state index contributed by atoms with van der Waals surface area (Å²) in [7, 11) is 4.38. The van der Waals surface area contributed by atoms with Crippen LogP contribution in [0.5, 0.6) is 17.2 Å². The number of hydrogen-bond acceptors (Lipinski definition) is 7. The molecule has 1 aliphatic carbocycles. The Balaban J connectivity index is 2.80. The molecule has 0 aliphatic heterocycles. The zero-order chi connectivity index (χ0) is 20.5. The van der Waals surface area contributed by atoms with E-state index in [-0.39, 0.29) is 18.0 Å². The summed E-state index contributed by atoms with van der Waals surface area (Å²) >= 11 is 0. The Morgan fingerprint density at radius 2 is 1.52 bits per heavy atom. The summed E-state index contributed by atoms with van der Waals surface area (Å²) in [5, 5.41) is 10.8. The van der Waals surface area contributed by atoms with Gasteiger partial charge in [0.05, 0.1) is 38.8 Å². The highest BCUT2D eigenvalue weighted by atomic mass is 16.5. The number of ether oxygens (including phenoxy) is 3. The maximum atomic E-state index is 12.7. The zero-order valence-electron chi connectivity index (χ0n) is 16.5. The van der Waals surface area contributed by atoms with Gasteiger partial charge in [-0.2, -0.15) is 0 Å². The second-order valence-electron chi connectivity index (χ2n) is 7.15. The molecule has 1 saturated carbocycles. The Hall–Kier alpha value is -2.41. The lowest BCUT2D eigenvalue weighted by Gasteiger charge is -2.44. The van der Waals surface area contributed by atoms with Crippen LogP contribution < -0.4 is 14.2 Å². The van der Waals surface area contributed by atoms with E-state index in [9.17, 15) is 19.5 Å². The SMILES string of the molecule is COc1cc(OC)c(C2C(C(C)=O)C(=O)CC(C)(O)C2C(C)=O)cc1OC. The van der Waals surface area contributed by atoms with Crippen molar-refractivity contribution in [3.05, 3.63) is 17.7 Å². The lowest BCUT2D eigenvalue weighted by molar-refractivity contribution is -0.151. The van der Waals surface area contributed by atoms with Crippen molar-refractivity contribution in [1.82, 2.24) is 0 Å². The van der Waals surface area contributed by atoms with E-state index in [0.717, 1.165) is 0 Å². The quantitative estimate of drug-likeness (QED) is 0.755. The Bertz CT molecular complexity index is 766. The molecule has 1 fully saturated rings. The van der Waals surface area contributed by atoms with Crippen molar-refractivity contribution >= 4 is 17.3 Å². The standard InChI is InChI=1S/C20H26O7/c1-10(21)17-13(23)9-20(3,24)19(11(2)22)18(17)12-7-15(26-5)16(27-6)8-14(12)25-4/h7-8,17-19,24H,9H2,1-6H3. The maximum Gasteiger partial charge on any atom is 0.164 e. The number of ketones is 3. The van der Waals surface area contributed by atoms with E-state index >= 15 is 0 Å². The van der Waals surface area contributed by atoms with Gasteiger partial charge in [-0.05, 0) is 26.8 Å². The predicted molar refractivity (Wildman–Crippen MR) is 97.4 cm³/mol. The molecule has 0 heterocycles. The van der Waals surface area contributed by atoms with Crippen molar-refractivity contribution < 1.29 is 33.7 Å². The lowest BCUT2D eigenvalue weighted by atomic mass is 9.59. The number of aliphatic hydroxyl groups is 1. The van der Waals surface area contributed by atoms with Gasteiger partial charge in [-0.15, -0.1) is 0 Å². The minimum absolute atomic E-state index is 0.256. The van der Waals surface area contributed by atoms with Crippen LogP contribution in [0.3, 0.4) is 0 Å². The molecule has 148 valence electrons. The molecule has 4 atom stereocenters. The first-order valence-corrected chi connectivity index (χ1v) is 8.64. The average Bonchev–Trinajstić information content (AvgIpc) is 2.57. The summed E-state index contributed by atoms with van der Waals surface area (Å²) in [5.41, 5.74) is -1.12. The maximum absolute atomic E-state index is 12.7. The summed E-state index contributed by atoms with van der Waals surface area (Å²) in [5.74, 6) is -2.80. The van der Waals surface area contributed by atoms with Crippen molar-refractivity contribution in [2.75, 3.05) is 21.3 Å². The molecule has 0 amide bonds. The number of benzene rings is 1. The molecule has 1 aliphatic rings. The normalized spacial score (nSPS) is 27.8. The van der Waals surface area contributed by atoms with E-state index in [4.69, 9.17) is 14.2 Å². The highest BCUT2D eigenvalue weighted by Gasteiger charge is 2.54. The lowest BCUT2D eigenvalue weighted by Crippen LogP contribution is -2.54. The van der Waals surface area contributed by atoms with Crippen molar-refractivity contribution in [3.63, 3.8) is 0 Å². The third-order valence-electron chi connectivity index (χ3n) is 5.24. The first kappa shape index (κ1) is 20.9. The van der Waals surface area contributed by atoms with E-state index in [1.165, 1.54) is 42.1 Å². The summed E-state index contributed by atoms with van der Waals surface area (Å²) in [6.45, 7) is 4.12. The molecule has 0 bridgehead atoms. The fraction of sp³-hybridized carbons (Fsp3) is 0.550. The molecule has 1 aromatic rings. The van der Waals surface area contributed by atoms with Crippen LogP contribution in [0.2, 0.25) is 0 Å². The molecule has 1 aromatic carbocycles. The number of methoxy groups -OCH3 is 3. The van der Waals surface area contributed by atoms with Crippen LogP contribution in [0.15, 0.2) is 12.1 Å². The number of Topliss-reactive ketones (excluding diaryl/α,β-unsaturated/α-hetero) is 3. The number of rotatable bonds is 6. The largest absolute Gasteiger partial charge is 0.496 e. The third-order valence-corrected chi connectivity index (χ3v) is 5.24. The Morgan fingerprint density at radius 1 is 1.00 bits per heavy atom. The first-order chi connectivity index (χ1) is 12.6. The fourth-order valence-electron chi connectivity index (χ4n) is 4.19. The van der Waals surface area contributed by atoms with Gasteiger partial charge in [-0.3, -0.25) is 14.4 Å². The van der Waals surface area contributed by atoms with Crippen LogP contribution in [0.1, 0.15) is 38.7 Å². The molecule has 0 spiro atoms. The Morgan fingerprint density at radius 3 is 1.96 bits per heavy atom. The van der Waals surface area contributed by atoms with Crippen LogP contribution in [-0.4, -0.2) is 49.4 Å². The smallest absolute Gasteiger partial charge is 0.164 e. The summed E-state index contributed by atoms with van der Waals surface area (Å²) in [6.07, 6.45) is -0.256. The van der Waals surface area contributed by atoms with Crippen LogP contribution in [0.25, 0.3) is 0 Å². The second-order valence-corrected chi connectivity index (χ2v) is 7.15. The topological polar surface area (TPSA) is 99.1 Å². The highest BCUT2D eigenvalue weighted by Crippen LogP contribution is 2.50. The molecule has 4 unspecified atom stereocenters. The van der Waals surface area contributed by atoms with E-state index in [2.05, 4.69) is 0 Å². The first-order valence-electron chi connectivity index (χ1n) is 8.64. The minimum Gasteiger partial charge on any atom is -0.496 e. The van der Waals surface area contributed by atoms with Crippen LogP contribution in [-0.2, 0) is 14.4 Å². The van der Waals surface area contributed by atoms with E-state index in [0.29, 0.717) is 22.8 Å². The summed E-state index contributed by atoms with van der Waals surface area (Å²) < 4.78 is 16.1. The number of carbonyl (C=O) groups is 3. The third kappa shape index (κ3) is 3.69. The number of hydrogen-bond donors (Lipinski definition) is 1. The van der Waals surface area contributed by atoms with Crippen LogP contribution in [0, 0.1) is 11.8 Å². The Kier molecular flexibility index (Phi) is 5.94. The molecule has 2 rings (SSSR count). The monoisotopic (exact) mass is 378 g/mol. The van der Waals surface area contributed by atoms with Gasteiger partial charge in [0.15, 0.2) is 11.5 Å². The fourth-order valence-corrected chi connectivity index (χ4v) is 4.19. The van der Waals surface area contributed by atoms with Crippen molar-refractivity contribution in [2.24, 2.45) is 11.8 Å². The molecular formula is C20H26O7. The molecule has 0 radical (unpaired) electrons. The van der Waals surface area contributed by atoms with Crippen molar-refractivity contribution in [3.8, 4) is 17.2 Å². The van der Waals surface area contributed by atoms with Gasteiger partial charge in [-0.1, -0.05) is 0 Å². The van der Waals surface area contributed by atoms with Crippen molar-refractivity contribution in [1.29, 1.82) is 0 Å². The van der Waals surface area contributed by atoms with Crippen molar-refractivity contribution in [2.45, 2.75) is 38.7 Å². The van der Waals surface area contributed by atoms with Gasteiger partial charge in [0.25, 0.3) is 0 Å². The molecule has 7 heteroatoms. The van der Waals surface area contributed by atoms with Gasteiger partial charge >= 0.3 is 0 Å². The van der Waals surface area contributed by atoms with Gasteiger partial charge in [-0.25, -0.2) is 0 Å². The molecule has 0 aromatic heterocycles. The second kappa shape index (κ2) is 7.68. The van der Waals surface area contributed by atoms with Crippen LogP contribution >= 0.6 is 0 Å². The van der Waals surface area contributed by atoms with E-state index in [1.807, 2.05) is 0 Å². The van der Waals surface area contributed by atoms with Gasteiger partial charge in [0.1, 0.15) is 23.1 Å². The number of carbonyl (C=O) groups excluding carboxylic acids is 3. The molecule has 0 saturated heterocycles. The van der Waals surface area contributed by atoms with Gasteiger partial charge in [0.2, 0.25) is 0 Å². The van der Waals surface area contributed by atoms with Crippen LogP contribution in [0.4, 0.5) is 0 Å². The van der Waals surface area contributed by atoms with E-state index in [1.54, 1.807) is 12.1 Å². The van der Waals surface area contributed by atoms with Gasteiger partial charge in [0, 0.05) is 24.0 Å². The molecular weight excluding hydrogens is 352 g/mol. The van der Waals surface area contributed by atoms with E-state index < -0.39 is 29.1 Å². The van der Waals surface area contributed by atoms with Gasteiger partial charge < -0.3 is 19.3 Å². The minimum atomic E-state index is -1.57. The summed E-state index contributed by atoms with van der Waals surface area (Å²) in [6, 6.07) is 3.18. The molecule has 7 nitrogen and oxygen atoms in total. The predicted octanol–water partition coefficient (Wildman–Crippen LogP) is 1.93. The zero-order valence-corrected chi connectivity index (χ0v) is 16.5. The molecule has 1 N–H and O–H groups in total. The summed E-state index contributed by atoms with van der Waals surface area (Å²) in [4.78, 5) is 37.5. The molecule has 27 heavy (non-hydrogen) atoms. The Labute approximate surface area is 158 Å².